The maximum Gasteiger partial charge on any atom is 0.237 e. The lowest BCUT2D eigenvalue weighted by atomic mass is 10.1. The zero-order chi connectivity index (χ0) is 21.2. The predicted molar refractivity (Wildman–Crippen MR) is 116 cm³/mol. The highest BCUT2D eigenvalue weighted by Gasteiger charge is 2.27. The molecule has 2 aromatic rings. The van der Waals surface area contributed by atoms with Gasteiger partial charge in [-0.05, 0) is 55.7 Å². The normalized spacial score (nSPS) is 16.1. The van der Waals surface area contributed by atoms with E-state index in [1.807, 2.05) is 32.9 Å². The molecule has 29 heavy (non-hydrogen) atoms. The molecule has 0 bridgehead atoms. The first kappa shape index (κ1) is 21.4. The number of benzene rings is 2. The Bertz CT molecular complexity index is 1060. The Hall–Kier alpha value is -2.32. The molecule has 6 nitrogen and oxygen atoms in total. The van der Waals surface area contributed by atoms with Gasteiger partial charge in [-0.1, -0.05) is 19.1 Å². The average Bonchev–Trinajstić information content (AvgIpc) is 2.69. The topological polar surface area (TPSA) is 92.3 Å². The van der Waals surface area contributed by atoms with Gasteiger partial charge >= 0.3 is 0 Å². The first-order valence-electron chi connectivity index (χ1n) is 9.41. The summed E-state index contributed by atoms with van der Waals surface area (Å²) in [5, 5.41) is 5.36. The molecule has 0 saturated heterocycles. The maximum absolute atomic E-state index is 12.7. The highest BCUT2D eigenvalue weighted by atomic mass is 32.2. The van der Waals surface area contributed by atoms with Gasteiger partial charge in [-0.25, -0.2) is 8.42 Å². The van der Waals surface area contributed by atoms with Crippen LogP contribution in [0.25, 0.3) is 0 Å². The summed E-state index contributed by atoms with van der Waals surface area (Å²) in [6, 6.07) is 10.3. The fraction of sp³-hybridized carbons (Fsp3) is 0.333. The van der Waals surface area contributed by atoms with Crippen LogP contribution in [-0.2, 0) is 19.4 Å². The van der Waals surface area contributed by atoms with Gasteiger partial charge in [0.15, 0.2) is 9.84 Å². The van der Waals surface area contributed by atoms with Crippen molar-refractivity contribution in [2.75, 3.05) is 16.4 Å². The number of thioether (sulfide) groups is 1. The van der Waals surface area contributed by atoms with Gasteiger partial charge in [0.1, 0.15) is 0 Å². The molecule has 1 aliphatic heterocycles. The summed E-state index contributed by atoms with van der Waals surface area (Å²) >= 11 is 1.37. The molecular weight excluding hydrogens is 408 g/mol. The summed E-state index contributed by atoms with van der Waals surface area (Å²) in [4.78, 5) is 25.1. The molecule has 154 valence electrons. The van der Waals surface area contributed by atoms with Gasteiger partial charge in [0.25, 0.3) is 0 Å². The number of amides is 2. The molecule has 8 heteroatoms. The Morgan fingerprint density at radius 1 is 1.21 bits per heavy atom. The molecule has 3 rings (SSSR count). The second kappa shape index (κ2) is 8.59. The van der Waals surface area contributed by atoms with Crippen LogP contribution in [-0.4, -0.2) is 31.2 Å². The summed E-state index contributed by atoms with van der Waals surface area (Å²) < 4.78 is 25.5. The van der Waals surface area contributed by atoms with Crippen LogP contribution in [0.15, 0.2) is 46.2 Å². The SMILES string of the molecule is CCC1Sc2cc(S(=O)(=O)CCC(=O)Nc3cccc(C)c3C)ccc2NC1=O. The van der Waals surface area contributed by atoms with Crippen LogP contribution in [0, 0.1) is 13.8 Å². The van der Waals surface area contributed by atoms with E-state index in [-0.39, 0.29) is 34.1 Å². The minimum atomic E-state index is -3.62. The Balaban J connectivity index is 1.69. The standard InChI is InChI=1S/C21H24N2O4S2/c1-4-18-21(25)23-17-9-8-15(12-19(17)28-18)29(26,27)11-10-20(24)22-16-7-5-6-13(2)14(16)3/h5-9,12,18H,4,10-11H2,1-3H3,(H,22,24)(H,23,25). The minimum absolute atomic E-state index is 0.0660. The molecule has 1 unspecified atom stereocenters. The number of rotatable bonds is 6. The molecule has 2 amide bonds. The Kier molecular flexibility index (Phi) is 6.33. The van der Waals surface area contributed by atoms with Crippen molar-refractivity contribution in [1.29, 1.82) is 0 Å². The summed E-state index contributed by atoms with van der Waals surface area (Å²) in [5.74, 6) is -0.687. The zero-order valence-corrected chi connectivity index (χ0v) is 18.2. The zero-order valence-electron chi connectivity index (χ0n) is 16.6. The van der Waals surface area contributed by atoms with Gasteiger partial charge in [0.05, 0.1) is 21.6 Å². The molecule has 1 atom stereocenters. The van der Waals surface area contributed by atoms with E-state index in [1.165, 1.54) is 17.8 Å². The molecule has 0 radical (unpaired) electrons. The van der Waals surface area contributed by atoms with Gasteiger partial charge in [-0.15, -0.1) is 11.8 Å². The van der Waals surface area contributed by atoms with Crippen molar-refractivity contribution in [2.24, 2.45) is 0 Å². The fourth-order valence-electron chi connectivity index (χ4n) is 3.03. The monoisotopic (exact) mass is 432 g/mol. The number of aryl methyl sites for hydroxylation is 1. The largest absolute Gasteiger partial charge is 0.326 e. The van der Waals surface area contributed by atoms with E-state index in [2.05, 4.69) is 10.6 Å². The van der Waals surface area contributed by atoms with Crippen LogP contribution in [0.5, 0.6) is 0 Å². The number of nitrogens with one attached hydrogen (secondary N) is 2. The van der Waals surface area contributed by atoms with E-state index >= 15 is 0 Å². The summed E-state index contributed by atoms with van der Waals surface area (Å²) in [6.45, 7) is 5.78. The highest BCUT2D eigenvalue weighted by Crippen LogP contribution is 2.38. The Morgan fingerprint density at radius 2 is 1.97 bits per heavy atom. The van der Waals surface area contributed by atoms with Crippen molar-refractivity contribution in [2.45, 2.75) is 48.7 Å². The Labute approximate surface area is 175 Å². The van der Waals surface area contributed by atoms with E-state index in [1.54, 1.807) is 18.2 Å². The maximum atomic E-state index is 12.7. The van der Waals surface area contributed by atoms with E-state index in [9.17, 15) is 18.0 Å². The fourth-order valence-corrected chi connectivity index (χ4v) is 5.45. The molecule has 0 saturated carbocycles. The van der Waals surface area contributed by atoms with Gasteiger partial charge < -0.3 is 10.6 Å². The quantitative estimate of drug-likeness (QED) is 0.722. The van der Waals surface area contributed by atoms with E-state index < -0.39 is 9.84 Å². The summed E-state index contributed by atoms with van der Waals surface area (Å²) in [6.07, 6.45) is 0.528. The molecule has 0 spiro atoms. The third-order valence-corrected chi connectivity index (χ3v) is 8.12. The highest BCUT2D eigenvalue weighted by molar-refractivity contribution is 8.01. The van der Waals surface area contributed by atoms with Gasteiger partial charge in [0, 0.05) is 17.0 Å². The van der Waals surface area contributed by atoms with E-state index in [0.717, 1.165) is 16.0 Å². The smallest absolute Gasteiger partial charge is 0.237 e. The second-order valence-electron chi connectivity index (χ2n) is 7.03. The van der Waals surface area contributed by atoms with Crippen molar-refractivity contribution < 1.29 is 18.0 Å². The van der Waals surface area contributed by atoms with E-state index in [4.69, 9.17) is 0 Å². The lowest BCUT2D eigenvalue weighted by Crippen LogP contribution is -2.28. The number of carbonyl (C=O) groups excluding carboxylic acids is 2. The van der Waals surface area contributed by atoms with Crippen LogP contribution >= 0.6 is 11.8 Å². The lowest BCUT2D eigenvalue weighted by Gasteiger charge is -2.23. The number of hydrogen-bond donors (Lipinski definition) is 2. The lowest BCUT2D eigenvalue weighted by molar-refractivity contribution is -0.116. The average molecular weight is 433 g/mol. The number of fused-ring (bicyclic) bond motifs is 1. The third kappa shape index (κ3) is 4.82. The molecule has 1 aliphatic rings. The number of hydrogen-bond acceptors (Lipinski definition) is 5. The van der Waals surface area contributed by atoms with E-state index in [0.29, 0.717) is 17.8 Å². The van der Waals surface area contributed by atoms with Crippen molar-refractivity contribution in [3.8, 4) is 0 Å². The van der Waals surface area contributed by atoms with Crippen molar-refractivity contribution in [1.82, 2.24) is 0 Å². The van der Waals surface area contributed by atoms with Crippen LogP contribution in [0.1, 0.15) is 30.9 Å². The molecule has 0 aromatic heterocycles. The first-order valence-corrected chi connectivity index (χ1v) is 11.9. The number of sulfone groups is 1. The van der Waals surface area contributed by atoms with Crippen molar-refractivity contribution in [3.63, 3.8) is 0 Å². The van der Waals surface area contributed by atoms with Gasteiger partial charge in [0.2, 0.25) is 11.8 Å². The molecular formula is C21H24N2O4S2. The number of anilines is 2. The first-order chi connectivity index (χ1) is 13.7. The van der Waals surface area contributed by atoms with Crippen molar-refractivity contribution in [3.05, 3.63) is 47.5 Å². The minimum Gasteiger partial charge on any atom is -0.326 e. The van der Waals surface area contributed by atoms with Crippen molar-refractivity contribution >= 4 is 44.8 Å². The molecule has 0 fully saturated rings. The van der Waals surface area contributed by atoms with Gasteiger partial charge in [-0.3, -0.25) is 9.59 Å². The summed E-state index contributed by atoms with van der Waals surface area (Å²) in [5.41, 5.74) is 3.33. The third-order valence-electron chi connectivity index (χ3n) is 4.98. The van der Waals surface area contributed by atoms with Crippen LogP contribution < -0.4 is 10.6 Å². The Morgan fingerprint density at radius 3 is 2.69 bits per heavy atom. The van der Waals surface area contributed by atoms with Gasteiger partial charge in [-0.2, -0.15) is 0 Å². The molecule has 2 aromatic carbocycles. The second-order valence-corrected chi connectivity index (χ2v) is 10.4. The molecule has 0 aliphatic carbocycles. The van der Waals surface area contributed by atoms with Crippen LogP contribution in [0.3, 0.4) is 0 Å². The predicted octanol–water partition coefficient (Wildman–Crippen LogP) is 3.93. The van der Waals surface area contributed by atoms with Crippen LogP contribution in [0.2, 0.25) is 0 Å². The van der Waals surface area contributed by atoms with Crippen LogP contribution in [0.4, 0.5) is 11.4 Å². The number of carbonyl (C=O) groups is 2. The molecule has 1 heterocycles. The molecule has 2 N–H and O–H groups in total. The summed E-state index contributed by atoms with van der Waals surface area (Å²) in [7, 11) is -3.62.